The predicted molar refractivity (Wildman–Crippen MR) is 236 cm³/mol. The molecule has 0 aliphatic carbocycles. The molecule has 1 aliphatic rings. The van der Waals surface area contributed by atoms with Gasteiger partial charge in [-0.15, -0.1) is 0 Å². The van der Waals surface area contributed by atoms with Crippen LogP contribution in [0, 0.1) is 5.92 Å². The van der Waals surface area contributed by atoms with Crippen molar-refractivity contribution in [2.75, 3.05) is 31.8 Å². The Kier molecular flexibility index (Phi) is 20.5. The Labute approximate surface area is 343 Å². The maximum absolute atomic E-state index is 13.2. The lowest BCUT2D eigenvalue weighted by atomic mass is 9.90. The van der Waals surface area contributed by atoms with Crippen LogP contribution >= 0.6 is 0 Å². The van der Waals surface area contributed by atoms with Crippen LogP contribution in [0.15, 0.2) is 73.0 Å². The standard InChI is InChI=1S/C40H57N5O4.C5H9N.C2H6/c1-9-12-31(15-14-28(3)10-2)35-26-37(44(8)42-35)38(47)41-23-22-40(5,6)49-27-43(7)39(48)32-18-16-30(17-19-32)33-20-21-36-34(25-33)13-11-24-45(36)29(4)46;1-3-4-5(2)6;1-2/h16-21,25-26,28,31H,9-15,22-24,27H2,1-8H3,(H,41,47);3-4H,2,6H2,1H3;1-2H3/b;4-3-;. The number of rotatable bonds is 17. The van der Waals surface area contributed by atoms with Crippen molar-refractivity contribution in [2.24, 2.45) is 18.7 Å². The van der Waals surface area contributed by atoms with E-state index in [-0.39, 0.29) is 24.5 Å². The van der Waals surface area contributed by atoms with Crippen LogP contribution in [-0.2, 0) is 23.0 Å². The monoisotopic (exact) mass is 785 g/mol. The summed E-state index contributed by atoms with van der Waals surface area (Å²) in [6.07, 6.45) is 11.7. The molecular weight excluding hydrogens is 713 g/mol. The van der Waals surface area contributed by atoms with E-state index in [1.165, 1.54) is 18.4 Å². The number of carbonyl (C=O) groups excluding carboxylic acids is 3. The Morgan fingerprint density at radius 3 is 2.30 bits per heavy atom. The third-order valence-corrected chi connectivity index (χ3v) is 10.3. The van der Waals surface area contributed by atoms with Gasteiger partial charge in [0.05, 0.1) is 11.3 Å². The fourth-order valence-corrected chi connectivity index (χ4v) is 6.69. The van der Waals surface area contributed by atoms with Gasteiger partial charge in [0.15, 0.2) is 0 Å². The van der Waals surface area contributed by atoms with Gasteiger partial charge in [-0.25, -0.2) is 0 Å². The lowest BCUT2D eigenvalue weighted by molar-refractivity contribution is -0.116. The number of nitrogens with two attached hydrogens (primary N) is 1. The minimum Gasteiger partial charge on any atom is -0.399 e. The molecule has 1 aliphatic heterocycles. The van der Waals surface area contributed by atoms with Gasteiger partial charge in [0.25, 0.3) is 11.8 Å². The SMILES string of the molecule is C=C(N)/C=C\C.CC.CCCC(CCC(C)CC)c1cc(C(=O)NCCC(C)(C)OCN(C)C(=O)c2ccc(-c3ccc4c(c3)CCCN4C(C)=O)cc2)n(C)n1. The van der Waals surface area contributed by atoms with Gasteiger partial charge in [-0.3, -0.25) is 19.1 Å². The topological polar surface area (TPSA) is 123 Å². The summed E-state index contributed by atoms with van der Waals surface area (Å²) in [6, 6.07) is 15.8. The van der Waals surface area contributed by atoms with Gasteiger partial charge in [-0.2, -0.15) is 5.10 Å². The number of carbonyl (C=O) groups is 3. The molecule has 2 unspecified atom stereocenters. The molecule has 3 aromatic rings. The van der Waals surface area contributed by atoms with E-state index in [1.807, 2.05) is 95.1 Å². The summed E-state index contributed by atoms with van der Waals surface area (Å²) in [5, 5.41) is 7.77. The molecule has 0 radical (unpaired) electrons. The number of nitrogens with zero attached hydrogens (tertiary/aromatic N) is 4. The Balaban J connectivity index is 0.00000128. The molecule has 2 atom stereocenters. The second kappa shape index (κ2) is 24.2. The molecule has 10 nitrogen and oxygen atoms in total. The van der Waals surface area contributed by atoms with Crippen molar-refractivity contribution in [2.45, 2.75) is 125 Å². The molecule has 2 heterocycles. The number of fused-ring (bicyclic) bond motifs is 1. The van der Waals surface area contributed by atoms with E-state index in [4.69, 9.17) is 15.6 Å². The number of ether oxygens (including phenoxy) is 1. The summed E-state index contributed by atoms with van der Waals surface area (Å²) in [7, 11) is 3.56. The van der Waals surface area contributed by atoms with Gasteiger partial charge in [0, 0.05) is 57.0 Å². The molecule has 0 saturated carbocycles. The molecule has 0 bridgehead atoms. The van der Waals surface area contributed by atoms with E-state index in [2.05, 4.69) is 38.7 Å². The van der Waals surface area contributed by atoms with Crippen LogP contribution in [0.1, 0.15) is 145 Å². The van der Waals surface area contributed by atoms with E-state index in [9.17, 15) is 14.4 Å². The van der Waals surface area contributed by atoms with E-state index in [1.54, 1.807) is 29.6 Å². The maximum Gasteiger partial charge on any atom is 0.269 e. The number of allylic oxidation sites excluding steroid dienone is 2. The molecule has 0 saturated heterocycles. The summed E-state index contributed by atoms with van der Waals surface area (Å²) in [5.74, 6) is 0.855. The molecule has 0 fully saturated rings. The maximum atomic E-state index is 13.2. The quantitative estimate of drug-likeness (QED) is 0.104. The number of aryl methyl sites for hydroxylation is 2. The zero-order valence-corrected chi connectivity index (χ0v) is 36.9. The number of amides is 3. The summed E-state index contributed by atoms with van der Waals surface area (Å²) in [6.45, 7) is 22.9. The third-order valence-electron chi connectivity index (χ3n) is 10.3. The first kappa shape index (κ1) is 48.4. The Bertz CT molecular complexity index is 1760. The number of benzene rings is 2. The fraction of sp³-hybridized carbons (Fsp3) is 0.532. The number of nitrogens with one attached hydrogen (secondary N) is 1. The number of aromatic nitrogens is 2. The van der Waals surface area contributed by atoms with Gasteiger partial charge in [-0.05, 0) is 112 Å². The first-order chi connectivity index (χ1) is 27.1. The number of hydrogen-bond donors (Lipinski definition) is 2. The van der Waals surface area contributed by atoms with Crippen LogP contribution in [0.3, 0.4) is 0 Å². The van der Waals surface area contributed by atoms with Crippen LogP contribution in [0.4, 0.5) is 5.69 Å². The van der Waals surface area contributed by atoms with Gasteiger partial charge in [-0.1, -0.05) is 84.7 Å². The van der Waals surface area contributed by atoms with Gasteiger partial charge >= 0.3 is 0 Å². The van der Waals surface area contributed by atoms with Crippen molar-refractivity contribution < 1.29 is 19.1 Å². The zero-order chi connectivity index (χ0) is 42.7. The van der Waals surface area contributed by atoms with Crippen molar-refractivity contribution >= 4 is 23.4 Å². The first-order valence-corrected chi connectivity index (χ1v) is 20.9. The van der Waals surface area contributed by atoms with Crippen molar-refractivity contribution in [1.82, 2.24) is 20.0 Å². The highest BCUT2D eigenvalue weighted by Gasteiger charge is 2.24. The molecule has 1 aromatic heterocycles. The smallest absolute Gasteiger partial charge is 0.269 e. The van der Waals surface area contributed by atoms with Crippen molar-refractivity contribution in [3.05, 3.63) is 95.5 Å². The molecule has 3 amide bonds. The molecule has 314 valence electrons. The normalized spacial score (nSPS) is 13.4. The highest BCUT2D eigenvalue weighted by Crippen LogP contribution is 2.32. The molecule has 3 N–H and O–H groups in total. The molecular formula is C47H72N6O4. The van der Waals surface area contributed by atoms with Gasteiger partial charge < -0.3 is 25.6 Å². The van der Waals surface area contributed by atoms with E-state index in [0.29, 0.717) is 41.8 Å². The Hall–Kier alpha value is -4.70. The lowest BCUT2D eigenvalue weighted by Crippen LogP contribution is -2.38. The van der Waals surface area contributed by atoms with Crippen molar-refractivity contribution in [3.8, 4) is 11.1 Å². The van der Waals surface area contributed by atoms with Crippen molar-refractivity contribution in [1.29, 1.82) is 0 Å². The van der Waals surface area contributed by atoms with E-state index >= 15 is 0 Å². The van der Waals surface area contributed by atoms with E-state index in [0.717, 1.165) is 61.2 Å². The average molecular weight is 785 g/mol. The van der Waals surface area contributed by atoms with Crippen LogP contribution in [0.5, 0.6) is 0 Å². The van der Waals surface area contributed by atoms with Crippen LogP contribution < -0.4 is 16.0 Å². The largest absolute Gasteiger partial charge is 0.399 e. The van der Waals surface area contributed by atoms with Crippen LogP contribution in [0.25, 0.3) is 11.1 Å². The Morgan fingerprint density at radius 1 is 1.05 bits per heavy atom. The molecule has 2 aromatic carbocycles. The average Bonchev–Trinajstić information content (AvgIpc) is 3.59. The minimum atomic E-state index is -0.560. The highest BCUT2D eigenvalue weighted by atomic mass is 16.5. The van der Waals surface area contributed by atoms with Gasteiger partial charge in [0.2, 0.25) is 5.91 Å². The highest BCUT2D eigenvalue weighted by molar-refractivity contribution is 5.95. The predicted octanol–water partition coefficient (Wildman–Crippen LogP) is 9.80. The summed E-state index contributed by atoms with van der Waals surface area (Å²) in [5.41, 5.74) is 11.6. The second-order valence-electron chi connectivity index (χ2n) is 15.5. The first-order valence-electron chi connectivity index (χ1n) is 20.9. The van der Waals surface area contributed by atoms with Gasteiger partial charge in [0.1, 0.15) is 12.4 Å². The van der Waals surface area contributed by atoms with Crippen LogP contribution in [0.2, 0.25) is 0 Å². The lowest BCUT2D eigenvalue weighted by Gasteiger charge is -2.29. The summed E-state index contributed by atoms with van der Waals surface area (Å²) < 4.78 is 7.84. The zero-order valence-electron chi connectivity index (χ0n) is 36.9. The van der Waals surface area contributed by atoms with Crippen molar-refractivity contribution in [3.63, 3.8) is 0 Å². The van der Waals surface area contributed by atoms with Crippen LogP contribution in [-0.4, -0.2) is 64.9 Å². The Morgan fingerprint density at radius 2 is 1.72 bits per heavy atom. The fourth-order valence-electron chi connectivity index (χ4n) is 6.69. The molecule has 0 spiro atoms. The summed E-state index contributed by atoms with van der Waals surface area (Å²) >= 11 is 0. The molecule has 10 heteroatoms. The van der Waals surface area contributed by atoms with E-state index < -0.39 is 5.60 Å². The third kappa shape index (κ3) is 15.3. The molecule has 4 rings (SSSR count). The number of hydrogen-bond acceptors (Lipinski definition) is 6. The second-order valence-corrected chi connectivity index (χ2v) is 15.5. The summed E-state index contributed by atoms with van der Waals surface area (Å²) in [4.78, 5) is 41.8. The molecule has 57 heavy (non-hydrogen) atoms. The minimum absolute atomic E-state index is 0.0671. The number of anilines is 1.